The van der Waals surface area contributed by atoms with Crippen LogP contribution >= 0.6 is 0 Å². The molecule has 0 N–H and O–H groups in total. The van der Waals surface area contributed by atoms with E-state index in [1.54, 1.807) is 0 Å². The summed E-state index contributed by atoms with van der Waals surface area (Å²) in [6.45, 7) is 9.45. The lowest BCUT2D eigenvalue weighted by molar-refractivity contribution is 0.564. The highest BCUT2D eigenvalue weighted by molar-refractivity contribution is 6.11. The Morgan fingerprint density at radius 2 is 0.602 bits per heavy atom. The van der Waals surface area contributed by atoms with E-state index in [-0.39, 0.29) is 16.2 Å². The number of hydrogen-bond acceptors (Lipinski definition) is 0. The highest BCUT2D eigenvalue weighted by Gasteiger charge is 2.47. The van der Waals surface area contributed by atoms with Gasteiger partial charge in [0.2, 0.25) is 0 Å². The molecule has 1 spiro atoms. The predicted molar refractivity (Wildman–Crippen MR) is 392 cm³/mol. The Morgan fingerprint density at radius 3 is 1.06 bits per heavy atom. The van der Waals surface area contributed by atoms with Gasteiger partial charge in [-0.15, -0.1) is 0 Å². The van der Waals surface area contributed by atoms with Gasteiger partial charge in [-0.1, -0.05) is 258 Å². The van der Waals surface area contributed by atoms with Gasteiger partial charge in [-0.2, -0.15) is 0 Å². The largest absolute Gasteiger partial charge is 0.309 e. The Hall–Kier alpha value is -11.1. The Bertz CT molecular complexity index is 5380. The summed E-state index contributed by atoms with van der Waals surface area (Å²) in [5, 5.41) is 5.05. The predicted octanol–water partition coefficient (Wildman–Crippen LogP) is 23.2. The van der Waals surface area contributed by atoms with Crippen LogP contribution in [0.4, 0.5) is 0 Å². The summed E-state index contributed by atoms with van der Waals surface area (Å²) in [6.07, 6.45) is 11.0. The van der Waals surface area contributed by atoms with E-state index >= 15 is 0 Å². The van der Waals surface area contributed by atoms with Crippen LogP contribution in [-0.4, -0.2) is 9.13 Å². The van der Waals surface area contributed by atoms with Crippen LogP contribution in [0.1, 0.15) is 94.5 Å². The van der Waals surface area contributed by atoms with Crippen LogP contribution in [-0.2, 0) is 29.1 Å². The normalized spacial score (nSPS) is 15.0. The van der Waals surface area contributed by atoms with Crippen LogP contribution in [0.5, 0.6) is 0 Å². The van der Waals surface area contributed by atoms with Gasteiger partial charge in [0.05, 0.1) is 22.1 Å². The van der Waals surface area contributed by atoms with Crippen molar-refractivity contribution < 1.29 is 0 Å². The topological polar surface area (TPSA) is 9.86 Å². The van der Waals surface area contributed by atoms with E-state index in [0.29, 0.717) is 0 Å². The smallest absolute Gasteiger partial charge is 0.0541 e. The van der Waals surface area contributed by atoms with Gasteiger partial charge in [0, 0.05) is 49.2 Å². The number of benzene rings is 13. The maximum absolute atomic E-state index is 2.52. The van der Waals surface area contributed by atoms with Crippen LogP contribution in [0.15, 0.2) is 279 Å². The van der Waals surface area contributed by atoms with Crippen molar-refractivity contribution in [3.05, 3.63) is 346 Å². The molecule has 19 rings (SSSR count). The lowest BCUT2D eigenvalue weighted by Gasteiger charge is -2.27. The SMILES string of the molecule is CC1(C)c2ccccc2-c2ccc(-n3c4ccccc4c4cc(C=Cc5ccc(-c6ccc7c(c6)C6(Cc8ccccc8C6)c6cc(-c8ccc(C=Cc9ccc%10c(c9)c9ccccc9n%10-c9ccc%10c(c9)C(C)(C)c9ccccc9-%10)cc8)ccc6-7)cc5)ccc43)cc21. The number of nitrogens with zero attached hydrogens (tertiary/aromatic N) is 2. The molecule has 0 bridgehead atoms. The minimum atomic E-state index is -0.151. The molecule has 4 aliphatic carbocycles. The fourth-order valence-corrected chi connectivity index (χ4v) is 17.2. The van der Waals surface area contributed by atoms with Crippen LogP contribution < -0.4 is 0 Å². The molecule has 0 atom stereocenters. The van der Waals surface area contributed by atoms with Crippen LogP contribution in [0, 0.1) is 0 Å². The lowest BCUT2D eigenvalue weighted by Crippen LogP contribution is -2.26. The molecular weight excluding hydrogens is 1120 g/mol. The van der Waals surface area contributed by atoms with Gasteiger partial charge in [-0.25, -0.2) is 0 Å². The standard InChI is InChI=1S/C91H66N2/c1-89(2)79-21-11-7-17-69(79)71-45-41-67(53-81(71)89)92-85-23-13-9-19-75(85)77-49-59(33-47-87(77)92)27-25-57-29-35-61(36-30-57)63-39-43-73-74-44-40-64(52-84(74)91(83(73)51-63)55-65-15-5-6-16-66(65)56-91)62-37-31-58(32-38-62)26-28-60-34-48-88-78(50-60)76-20-10-14-24-86(76)93(88)68-42-46-72-70-18-8-12-22-80(70)90(3,4)82(72)54-68/h5-54H,55-56H2,1-4H3. The third-order valence-corrected chi connectivity index (χ3v) is 21.9. The van der Waals surface area contributed by atoms with Gasteiger partial charge in [-0.3, -0.25) is 0 Å². The third kappa shape index (κ3) is 8.07. The molecular formula is C91H66N2. The second kappa shape index (κ2) is 20.0. The van der Waals surface area contributed by atoms with Crippen LogP contribution in [0.3, 0.4) is 0 Å². The van der Waals surface area contributed by atoms with Crippen LogP contribution in [0.2, 0.25) is 0 Å². The average molecular weight is 1190 g/mol. The molecule has 15 aromatic rings. The van der Waals surface area contributed by atoms with E-state index in [9.17, 15) is 0 Å². The molecule has 0 saturated heterocycles. The van der Waals surface area contributed by atoms with Crippen molar-refractivity contribution in [3.63, 3.8) is 0 Å². The molecule has 0 fully saturated rings. The molecule has 93 heavy (non-hydrogen) atoms. The first-order chi connectivity index (χ1) is 45.5. The van der Waals surface area contributed by atoms with Crippen molar-refractivity contribution in [1.29, 1.82) is 0 Å². The molecule has 0 radical (unpaired) electrons. The summed E-state index contributed by atoms with van der Waals surface area (Å²) in [7, 11) is 0. The minimum absolute atomic E-state index is 0.0674. The minimum Gasteiger partial charge on any atom is -0.309 e. The first kappa shape index (κ1) is 53.7. The number of hydrogen-bond donors (Lipinski definition) is 0. The zero-order chi connectivity index (χ0) is 61.9. The molecule has 440 valence electrons. The molecule has 2 heterocycles. The van der Waals surface area contributed by atoms with Crippen molar-refractivity contribution in [3.8, 4) is 67.0 Å². The van der Waals surface area contributed by atoms with Gasteiger partial charge in [0.1, 0.15) is 0 Å². The molecule has 0 amide bonds. The quantitative estimate of drug-likeness (QED) is 0.134. The Kier molecular flexibility index (Phi) is 11.5. The summed E-state index contributed by atoms with van der Waals surface area (Å²) in [4.78, 5) is 0. The zero-order valence-corrected chi connectivity index (χ0v) is 52.7. The van der Waals surface area contributed by atoms with E-state index in [0.717, 1.165) is 12.8 Å². The van der Waals surface area contributed by atoms with Gasteiger partial charge >= 0.3 is 0 Å². The van der Waals surface area contributed by atoms with Gasteiger partial charge in [0.15, 0.2) is 0 Å². The first-order valence-corrected chi connectivity index (χ1v) is 33.0. The monoisotopic (exact) mass is 1190 g/mol. The van der Waals surface area contributed by atoms with E-state index in [1.165, 1.54) is 177 Å². The fraction of sp³-hybridized carbons (Fsp3) is 0.0989. The average Bonchev–Trinajstić information content (AvgIpc) is 1.55. The van der Waals surface area contributed by atoms with E-state index in [4.69, 9.17) is 0 Å². The summed E-state index contributed by atoms with van der Waals surface area (Å²) in [6, 6.07) is 105. The molecule has 0 unspecified atom stereocenters. The lowest BCUT2D eigenvalue weighted by atomic mass is 9.74. The maximum Gasteiger partial charge on any atom is 0.0541 e. The summed E-state index contributed by atoms with van der Waals surface area (Å²) < 4.78 is 4.91. The molecule has 0 saturated carbocycles. The van der Waals surface area contributed by atoms with Crippen molar-refractivity contribution in [2.45, 2.75) is 56.8 Å². The summed E-state index contributed by atoms with van der Waals surface area (Å²) in [5.74, 6) is 0. The molecule has 2 heteroatoms. The second-order valence-corrected chi connectivity index (χ2v) is 27.7. The molecule has 13 aromatic carbocycles. The van der Waals surface area contributed by atoms with E-state index < -0.39 is 0 Å². The molecule has 4 aliphatic rings. The third-order valence-electron chi connectivity index (χ3n) is 21.9. The van der Waals surface area contributed by atoms with Crippen molar-refractivity contribution >= 4 is 67.9 Å². The van der Waals surface area contributed by atoms with Crippen LogP contribution in [0.25, 0.3) is 135 Å². The van der Waals surface area contributed by atoms with E-state index in [1.807, 2.05) is 0 Å². The fourth-order valence-electron chi connectivity index (χ4n) is 17.2. The van der Waals surface area contributed by atoms with E-state index in [2.05, 4.69) is 340 Å². The Morgan fingerprint density at radius 1 is 0.258 bits per heavy atom. The summed E-state index contributed by atoms with van der Waals surface area (Å²) in [5.41, 5.74) is 36.2. The highest BCUT2D eigenvalue weighted by atomic mass is 15.0. The van der Waals surface area contributed by atoms with Crippen molar-refractivity contribution in [2.75, 3.05) is 0 Å². The Labute approximate surface area is 543 Å². The molecule has 0 aliphatic heterocycles. The molecule has 2 aromatic heterocycles. The number of rotatable bonds is 8. The van der Waals surface area contributed by atoms with Crippen molar-refractivity contribution in [1.82, 2.24) is 9.13 Å². The highest BCUT2D eigenvalue weighted by Crippen LogP contribution is 2.57. The zero-order valence-electron chi connectivity index (χ0n) is 52.7. The first-order valence-electron chi connectivity index (χ1n) is 33.0. The number of aromatic nitrogens is 2. The van der Waals surface area contributed by atoms with Crippen molar-refractivity contribution in [2.24, 2.45) is 0 Å². The van der Waals surface area contributed by atoms with Gasteiger partial charge < -0.3 is 9.13 Å². The van der Waals surface area contributed by atoms with Gasteiger partial charge in [0.25, 0.3) is 0 Å². The number of fused-ring (bicyclic) bond motifs is 18. The Balaban J connectivity index is 0.586. The summed E-state index contributed by atoms with van der Waals surface area (Å²) >= 11 is 0. The second-order valence-electron chi connectivity index (χ2n) is 27.7. The maximum atomic E-state index is 2.52. The van der Waals surface area contributed by atoms with Gasteiger partial charge in [-0.05, 0) is 208 Å². The number of para-hydroxylation sites is 2. The molecule has 2 nitrogen and oxygen atoms in total.